The monoisotopic (exact) mass is 329 g/mol. The molecule has 1 aromatic carbocycles. The first-order valence-corrected chi connectivity index (χ1v) is 8.15. The van der Waals surface area contributed by atoms with Crippen LogP contribution >= 0.6 is 0 Å². The number of likely N-dealkylation sites (tertiary alicyclic amines) is 1. The van der Waals surface area contributed by atoms with Gasteiger partial charge in [0.15, 0.2) is 0 Å². The highest BCUT2D eigenvalue weighted by molar-refractivity contribution is 5.95. The summed E-state index contributed by atoms with van der Waals surface area (Å²) >= 11 is 0. The van der Waals surface area contributed by atoms with Crippen molar-refractivity contribution in [2.24, 2.45) is 0 Å². The fourth-order valence-corrected chi connectivity index (χ4v) is 3.19. The number of carbonyl (C=O) groups excluding carboxylic acids is 1. The normalized spacial score (nSPS) is 20.5. The second kappa shape index (κ2) is 7.15. The van der Waals surface area contributed by atoms with Crippen molar-refractivity contribution in [3.8, 4) is 0 Å². The third-order valence-electron chi connectivity index (χ3n) is 4.69. The van der Waals surface area contributed by atoms with Crippen LogP contribution in [0.5, 0.6) is 0 Å². The summed E-state index contributed by atoms with van der Waals surface area (Å²) in [5, 5.41) is 13.9. The molecule has 1 N–H and O–H groups in total. The predicted octanol–water partition coefficient (Wildman–Crippen LogP) is 1.46. The maximum absolute atomic E-state index is 12.9. The van der Waals surface area contributed by atoms with E-state index in [1.54, 1.807) is 18.2 Å². The largest absolute Gasteiger partial charge is 0.394 e. The molecule has 1 aliphatic rings. The highest BCUT2D eigenvalue weighted by atomic mass is 16.5. The van der Waals surface area contributed by atoms with E-state index in [1.807, 2.05) is 41.9 Å². The summed E-state index contributed by atoms with van der Waals surface area (Å²) in [6.45, 7) is 2.98. The van der Waals surface area contributed by atoms with E-state index in [2.05, 4.69) is 5.10 Å². The van der Waals surface area contributed by atoms with E-state index in [-0.39, 0.29) is 24.7 Å². The fourth-order valence-electron chi connectivity index (χ4n) is 3.19. The van der Waals surface area contributed by atoms with Gasteiger partial charge < -0.3 is 14.7 Å². The third kappa shape index (κ3) is 3.20. The smallest absolute Gasteiger partial charge is 0.257 e. The molecule has 1 amide bonds. The summed E-state index contributed by atoms with van der Waals surface area (Å²) in [4.78, 5) is 14.6. The van der Waals surface area contributed by atoms with Gasteiger partial charge in [-0.25, -0.2) is 0 Å². The van der Waals surface area contributed by atoms with E-state index in [9.17, 15) is 9.90 Å². The molecule has 0 bridgehead atoms. The van der Waals surface area contributed by atoms with Crippen molar-refractivity contribution in [1.82, 2.24) is 14.7 Å². The first kappa shape index (κ1) is 16.7. The zero-order valence-electron chi connectivity index (χ0n) is 14.1. The minimum absolute atomic E-state index is 0.0224. The summed E-state index contributed by atoms with van der Waals surface area (Å²) in [5.41, 5.74) is 2.55. The zero-order chi connectivity index (χ0) is 17.1. The molecule has 1 aromatic heterocycles. The minimum Gasteiger partial charge on any atom is -0.394 e. The third-order valence-corrected chi connectivity index (χ3v) is 4.69. The number of ether oxygens (including phenoxy) is 1. The second-order valence-electron chi connectivity index (χ2n) is 6.17. The number of aliphatic hydroxyl groups excluding tert-OH is 1. The zero-order valence-corrected chi connectivity index (χ0v) is 14.1. The molecule has 0 unspecified atom stereocenters. The van der Waals surface area contributed by atoms with Gasteiger partial charge in [-0.15, -0.1) is 0 Å². The lowest BCUT2D eigenvalue weighted by Crippen LogP contribution is -2.38. The van der Waals surface area contributed by atoms with E-state index in [1.165, 1.54) is 0 Å². The Morgan fingerprint density at radius 1 is 1.38 bits per heavy atom. The molecular formula is C18H23N3O3. The van der Waals surface area contributed by atoms with Crippen LogP contribution in [0.4, 0.5) is 0 Å². The molecule has 2 heterocycles. The lowest BCUT2D eigenvalue weighted by molar-refractivity contribution is 0.0647. The van der Waals surface area contributed by atoms with Crippen LogP contribution in [0, 0.1) is 6.92 Å². The van der Waals surface area contributed by atoms with Crippen molar-refractivity contribution in [2.75, 3.05) is 20.3 Å². The molecule has 2 atom stereocenters. The molecular weight excluding hydrogens is 306 g/mol. The van der Waals surface area contributed by atoms with Gasteiger partial charge in [-0.05, 0) is 18.9 Å². The van der Waals surface area contributed by atoms with Crippen LogP contribution < -0.4 is 0 Å². The van der Waals surface area contributed by atoms with Gasteiger partial charge in [-0.3, -0.25) is 9.48 Å². The van der Waals surface area contributed by atoms with Crippen molar-refractivity contribution in [1.29, 1.82) is 0 Å². The van der Waals surface area contributed by atoms with Crippen molar-refractivity contribution < 1.29 is 14.6 Å². The van der Waals surface area contributed by atoms with Crippen molar-refractivity contribution in [3.05, 3.63) is 53.3 Å². The molecule has 6 nitrogen and oxygen atoms in total. The van der Waals surface area contributed by atoms with Gasteiger partial charge in [0, 0.05) is 19.3 Å². The Labute approximate surface area is 141 Å². The van der Waals surface area contributed by atoms with E-state index >= 15 is 0 Å². The summed E-state index contributed by atoms with van der Waals surface area (Å²) in [6.07, 6.45) is 2.26. The minimum atomic E-state index is -0.195. The topological polar surface area (TPSA) is 67.6 Å². The van der Waals surface area contributed by atoms with Crippen molar-refractivity contribution in [2.45, 2.75) is 32.0 Å². The van der Waals surface area contributed by atoms with Crippen LogP contribution in [0.25, 0.3) is 0 Å². The Bertz CT molecular complexity index is 699. The van der Waals surface area contributed by atoms with E-state index in [0.717, 1.165) is 11.3 Å². The number of nitrogens with zero attached hydrogens (tertiary/aromatic N) is 3. The Morgan fingerprint density at radius 2 is 2.12 bits per heavy atom. The number of amides is 1. The van der Waals surface area contributed by atoms with Gasteiger partial charge in [0.25, 0.3) is 5.91 Å². The van der Waals surface area contributed by atoms with Gasteiger partial charge in [-0.1, -0.05) is 30.3 Å². The average Bonchev–Trinajstić information content (AvgIpc) is 3.19. The van der Waals surface area contributed by atoms with E-state index in [4.69, 9.17) is 4.74 Å². The summed E-state index contributed by atoms with van der Waals surface area (Å²) in [7, 11) is 1.64. The first-order chi connectivity index (χ1) is 11.6. The molecule has 2 aromatic rings. The van der Waals surface area contributed by atoms with Gasteiger partial charge >= 0.3 is 0 Å². The Morgan fingerprint density at radius 3 is 2.79 bits per heavy atom. The number of hydrogen-bond acceptors (Lipinski definition) is 4. The van der Waals surface area contributed by atoms with Crippen molar-refractivity contribution in [3.63, 3.8) is 0 Å². The average molecular weight is 329 g/mol. The highest BCUT2D eigenvalue weighted by Gasteiger charge is 2.36. The molecule has 0 saturated carbocycles. The van der Waals surface area contributed by atoms with E-state index in [0.29, 0.717) is 25.1 Å². The number of aromatic nitrogens is 2. The van der Waals surface area contributed by atoms with Crippen molar-refractivity contribution >= 4 is 5.91 Å². The molecule has 24 heavy (non-hydrogen) atoms. The summed E-state index contributed by atoms with van der Waals surface area (Å²) in [5.74, 6) is -0.0922. The Kier molecular flexibility index (Phi) is 4.97. The molecule has 0 aliphatic carbocycles. The van der Waals surface area contributed by atoms with Crippen LogP contribution in [0.3, 0.4) is 0 Å². The molecule has 1 saturated heterocycles. The predicted molar refractivity (Wildman–Crippen MR) is 89.8 cm³/mol. The standard InChI is InChI=1S/C18H23N3O3/c1-13-17(9-19-21(13)10-14-6-4-3-5-7-14)18(23)20-11-16(24-2)8-15(20)12-22/h3-7,9,15-16,22H,8,10-12H2,1-2H3/t15-,16+/m0/s1. The first-order valence-electron chi connectivity index (χ1n) is 8.15. The molecule has 1 fully saturated rings. The second-order valence-corrected chi connectivity index (χ2v) is 6.17. The van der Waals surface area contributed by atoms with E-state index < -0.39 is 0 Å². The SMILES string of the molecule is CO[C@@H]1C[C@@H](CO)N(C(=O)c2cnn(Cc3ccccc3)c2C)C1. The molecule has 3 rings (SSSR count). The molecule has 0 spiro atoms. The van der Waals surface area contributed by atoms with Crippen LogP contribution in [0.15, 0.2) is 36.5 Å². The quantitative estimate of drug-likeness (QED) is 0.902. The maximum Gasteiger partial charge on any atom is 0.257 e. The lowest BCUT2D eigenvalue weighted by Gasteiger charge is -2.22. The molecule has 0 radical (unpaired) electrons. The van der Waals surface area contributed by atoms with Crippen LogP contribution in [0.2, 0.25) is 0 Å². The molecule has 6 heteroatoms. The number of methoxy groups -OCH3 is 1. The molecule has 1 aliphatic heterocycles. The van der Waals surface area contributed by atoms with Crippen LogP contribution in [-0.2, 0) is 11.3 Å². The number of carbonyl (C=O) groups is 1. The lowest BCUT2D eigenvalue weighted by atomic mass is 10.2. The Balaban J connectivity index is 1.79. The van der Waals surface area contributed by atoms with Crippen LogP contribution in [-0.4, -0.2) is 58.1 Å². The number of aliphatic hydroxyl groups is 1. The maximum atomic E-state index is 12.9. The molecule has 128 valence electrons. The van der Waals surface area contributed by atoms with Gasteiger partial charge in [-0.2, -0.15) is 5.10 Å². The summed E-state index contributed by atoms with van der Waals surface area (Å²) in [6, 6.07) is 9.83. The van der Waals surface area contributed by atoms with Gasteiger partial charge in [0.2, 0.25) is 0 Å². The van der Waals surface area contributed by atoms with Gasteiger partial charge in [0.05, 0.1) is 37.1 Å². The highest BCUT2D eigenvalue weighted by Crippen LogP contribution is 2.23. The van der Waals surface area contributed by atoms with Gasteiger partial charge in [0.1, 0.15) is 0 Å². The fraction of sp³-hybridized carbons (Fsp3) is 0.444. The number of hydrogen-bond donors (Lipinski definition) is 1. The Hall–Kier alpha value is -2.18. The van der Waals surface area contributed by atoms with Crippen LogP contribution in [0.1, 0.15) is 28.0 Å². The number of rotatable bonds is 5. The summed E-state index contributed by atoms with van der Waals surface area (Å²) < 4.78 is 7.18. The number of benzene rings is 1.